The van der Waals surface area contributed by atoms with Gasteiger partial charge in [-0.3, -0.25) is 4.79 Å². The average Bonchev–Trinajstić information content (AvgIpc) is 3.20. The van der Waals surface area contributed by atoms with E-state index in [0.717, 1.165) is 12.7 Å². The second-order valence-corrected chi connectivity index (χ2v) is 10.8. The van der Waals surface area contributed by atoms with Gasteiger partial charge in [0.25, 0.3) is 0 Å². The van der Waals surface area contributed by atoms with Gasteiger partial charge in [-0.25, -0.2) is 13.2 Å². The third-order valence-electron chi connectivity index (χ3n) is 5.42. The molecule has 10 heteroatoms. The van der Waals surface area contributed by atoms with Crippen molar-refractivity contribution in [2.24, 2.45) is 5.41 Å². The van der Waals surface area contributed by atoms with Gasteiger partial charge in [-0.1, -0.05) is 39.0 Å². The lowest BCUT2D eigenvalue weighted by Gasteiger charge is -2.34. The molecule has 2 N–H and O–H groups in total. The monoisotopic (exact) mass is 452 g/mol. The number of carbonyl (C=O) groups is 3. The van der Waals surface area contributed by atoms with E-state index in [2.05, 4.69) is 10.6 Å². The van der Waals surface area contributed by atoms with Gasteiger partial charge in [0.2, 0.25) is 15.9 Å². The number of aldehydes is 1. The Bertz CT molecular complexity index is 883. The second-order valence-electron chi connectivity index (χ2n) is 8.78. The zero-order valence-corrected chi connectivity index (χ0v) is 19.3. The van der Waals surface area contributed by atoms with Gasteiger partial charge >= 0.3 is 6.03 Å². The van der Waals surface area contributed by atoms with E-state index >= 15 is 0 Å². The maximum absolute atomic E-state index is 12.8. The quantitative estimate of drug-likeness (QED) is 0.575. The minimum Gasteiger partial charge on any atom is -0.334 e. The molecule has 1 unspecified atom stereocenters. The van der Waals surface area contributed by atoms with Crippen molar-refractivity contribution in [3.05, 3.63) is 30.3 Å². The van der Waals surface area contributed by atoms with Crippen LogP contribution in [-0.4, -0.2) is 74.6 Å². The van der Waals surface area contributed by atoms with Crippen LogP contribution in [0.2, 0.25) is 0 Å². The van der Waals surface area contributed by atoms with Crippen LogP contribution in [0.3, 0.4) is 0 Å². The molecule has 0 radical (unpaired) electrons. The van der Waals surface area contributed by atoms with E-state index in [1.807, 2.05) is 20.8 Å². The Balaban J connectivity index is 1.99. The van der Waals surface area contributed by atoms with E-state index < -0.39 is 33.6 Å². The van der Waals surface area contributed by atoms with Crippen LogP contribution in [0.4, 0.5) is 4.79 Å². The van der Waals surface area contributed by atoms with Gasteiger partial charge in [0.15, 0.2) is 0 Å². The lowest BCUT2D eigenvalue weighted by atomic mass is 9.87. The molecule has 1 fully saturated rings. The predicted molar refractivity (Wildman–Crippen MR) is 117 cm³/mol. The Morgan fingerprint density at radius 1 is 1.26 bits per heavy atom. The number of benzene rings is 1. The molecule has 0 spiro atoms. The molecule has 3 amide bonds. The highest BCUT2D eigenvalue weighted by Crippen LogP contribution is 2.22. The number of amides is 3. The molecule has 2 atom stereocenters. The number of nitrogens with one attached hydrogen (secondary N) is 2. The van der Waals surface area contributed by atoms with Gasteiger partial charge in [0, 0.05) is 26.2 Å². The van der Waals surface area contributed by atoms with Crippen LogP contribution in [0, 0.1) is 5.41 Å². The van der Waals surface area contributed by atoms with E-state index in [0.29, 0.717) is 13.0 Å². The summed E-state index contributed by atoms with van der Waals surface area (Å²) in [6.45, 7) is 6.01. The maximum Gasteiger partial charge on any atom is 0.315 e. The smallest absolute Gasteiger partial charge is 0.315 e. The Labute approximate surface area is 184 Å². The molecule has 1 aromatic rings. The average molecular weight is 453 g/mol. The molecule has 1 heterocycles. The first-order valence-corrected chi connectivity index (χ1v) is 11.7. The standard InChI is InChI=1S/C21H32N4O5S/c1-21(2,3)18(14-24(4)31(29,30)17-10-6-5-7-11-17)23-20(28)22-13-19(27)25-12-8-9-16(25)15-26/h5-7,10-11,15-16,18H,8-9,12-14H2,1-4H3,(H2,22,23,28)/t16-,18?/m0/s1. The highest BCUT2D eigenvalue weighted by atomic mass is 32.2. The molecule has 1 aliphatic rings. The normalized spacial score (nSPS) is 18.0. The summed E-state index contributed by atoms with van der Waals surface area (Å²) in [6.07, 6.45) is 2.15. The lowest BCUT2D eigenvalue weighted by molar-refractivity contribution is -0.133. The van der Waals surface area contributed by atoms with Crippen molar-refractivity contribution in [3.63, 3.8) is 0 Å². The van der Waals surface area contributed by atoms with Crippen molar-refractivity contribution in [2.45, 2.75) is 50.6 Å². The molecular formula is C21H32N4O5S. The van der Waals surface area contributed by atoms with Crippen molar-refractivity contribution in [1.29, 1.82) is 0 Å². The van der Waals surface area contributed by atoms with Gasteiger partial charge in [-0.15, -0.1) is 0 Å². The van der Waals surface area contributed by atoms with Crippen LogP contribution >= 0.6 is 0 Å². The molecule has 0 bridgehead atoms. The summed E-state index contributed by atoms with van der Waals surface area (Å²) in [4.78, 5) is 37.4. The van der Waals surface area contributed by atoms with Crippen LogP contribution in [-0.2, 0) is 19.6 Å². The van der Waals surface area contributed by atoms with Gasteiger partial charge in [-0.2, -0.15) is 4.31 Å². The number of urea groups is 1. The van der Waals surface area contributed by atoms with Gasteiger partial charge in [0.05, 0.1) is 17.5 Å². The van der Waals surface area contributed by atoms with Crippen molar-refractivity contribution in [2.75, 3.05) is 26.7 Å². The molecule has 1 saturated heterocycles. The Morgan fingerprint density at radius 2 is 1.90 bits per heavy atom. The summed E-state index contributed by atoms with van der Waals surface area (Å²) >= 11 is 0. The van der Waals surface area contributed by atoms with Crippen LogP contribution in [0.25, 0.3) is 0 Å². The summed E-state index contributed by atoms with van der Waals surface area (Å²) < 4.78 is 26.9. The molecule has 0 saturated carbocycles. The number of likely N-dealkylation sites (tertiary alicyclic amines) is 1. The largest absolute Gasteiger partial charge is 0.334 e. The van der Waals surface area contributed by atoms with Crippen LogP contribution in [0.5, 0.6) is 0 Å². The second kappa shape index (κ2) is 10.2. The van der Waals surface area contributed by atoms with E-state index in [4.69, 9.17) is 0 Å². The minimum atomic E-state index is -3.71. The van der Waals surface area contributed by atoms with E-state index in [9.17, 15) is 22.8 Å². The number of carbonyl (C=O) groups excluding carboxylic acids is 3. The molecular weight excluding hydrogens is 420 g/mol. The van der Waals surface area contributed by atoms with Crippen LogP contribution in [0.1, 0.15) is 33.6 Å². The van der Waals surface area contributed by atoms with E-state index in [1.165, 1.54) is 28.4 Å². The minimum absolute atomic E-state index is 0.0570. The summed E-state index contributed by atoms with van der Waals surface area (Å²) in [6, 6.07) is 6.57. The first-order chi connectivity index (χ1) is 14.5. The highest BCUT2D eigenvalue weighted by Gasteiger charge is 2.32. The molecule has 1 aliphatic heterocycles. The Hall–Kier alpha value is -2.46. The third kappa shape index (κ3) is 6.51. The summed E-state index contributed by atoms with van der Waals surface area (Å²) in [5.41, 5.74) is -0.445. The van der Waals surface area contributed by atoms with Crippen molar-refractivity contribution in [1.82, 2.24) is 19.8 Å². The van der Waals surface area contributed by atoms with Gasteiger partial charge in [0.1, 0.15) is 6.29 Å². The predicted octanol–water partition coefficient (Wildman–Crippen LogP) is 1.21. The van der Waals surface area contributed by atoms with E-state index in [-0.39, 0.29) is 23.9 Å². The van der Waals surface area contributed by atoms with Crippen molar-refractivity contribution in [3.8, 4) is 0 Å². The first-order valence-electron chi connectivity index (χ1n) is 10.3. The summed E-state index contributed by atoms with van der Waals surface area (Å²) in [7, 11) is -2.24. The molecule has 0 aromatic heterocycles. The van der Waals surface area contributed by atoms with Crippen molar-refractivity contribution < 1.29 is 22.8 Å². The summed E-state index contributed by atoms with van der Waals surface area (Å²) in [5.74, 6) is -0.319. The number of sulfonamides is 1. The molecule has 2 rings (SSSR count). The fourth-order valence-corrected chi connectivity index (χ4v) is 4.58. The Morgan fingerprint density at radius 3 is 2.48 bits per heavy atom. The topological polar surface area (TPSA) is 116 Å². The van der Waals surface area contributed by atoms with E-state index in [1.54, 1.807) is 18.2 Å². The molecule has 31 heavy (non-hydrogen) atoms. The highest BCUT2D eigenvalue weighted by molar-refractivity contribution is 7.89. The molecule has 0 aliphatic carbocycles. The fraction of sp³-hybridized carbons (Fsp3) is 0.571. The van der Waals surface area contributed by atoms with Gasteiger partial charge in [-0.05, 0) is 30.4 Å². The number of likely N-dealkylation sites (N-methyl/N-ethyl adjacent to an activating group) is 1. The lowest BCUT2D eigenvalue weighted by Crippen LogP contribution is -2.54. The number of hydrogen-bond acceptors (Lipinski definition) is 5. The molecule has 172 valence electrons. The summed E-state index contributed by atoms with van der Waals surface area (Å²) in [5, 5.41) is 5.31. The number of nitrogens with zero attached hydrogens (tertiary/aromatic N) is 2. The van der Waals surface area contributed by atoms with Crippen LogP contribution in [0.15, 0.2) is 35.2 Å². The van der Waals surface area contributed by atoms with Crippen LogP contribution < -0.4 is 10.6 Å². The maximum atomic E-state index is 12.8. The van der Waals surface area contributed by atoms with Crippen molar-refractivity contribution >= 4 is 28.2 Å². The fourth-order valence-electron chi connectivity index (χ4n) is 3.37. The number of hydrogen-bond donors (Lipinski definition) is 2. The zero-order chi connectivity index (χ0) is 23.2. The number of rotatable bonds is 8. The SMILES string of the molecule is CN(CC(NC(=O)NCC(=O)N1CCC[C@H]1C=O)C(C)(C)C)S(=O)(=O)c1ccccc1. The van der Waals surface area contributed by atoms with Gasteiger partial charge < -0.3 is 20.3 Å². The molecule has 9 nitrogen and oxygen atoms in total. The Kier molecular flexibility index (Phi) is 8.19. The first kappa shape index (κ1) is 24.8. The third-order valence-corrected chi connectivity index (χ3v) is 7.26. The zero-order valence-electron chi connectivity index (χ0n) is 18.5. The molecule has 1 aromatic carbocycles.